The Labute approximate surface area is 102 Å². The van der Waals surface area contributed by atoms with Crippen molar-refractivity contribution in [2.45, 2.75) is 26.3 Å². The molecule has 5 heteroatoms. The molecule has 0 aliphatic rings. The summed E-state index contributed by atoms with van der Waals surface area (Å²) >= 11 is 0. The van der Waals surface area contributed by atoms with Crippen molar-refractivity contribution in [2.75, 3.05) is 11.8 Å². The quantitative estimate of drug-likeness (QED) is 0.752. The zero-order valence-corrected chi connectivity index (χ0v) is 10.4. The van der Waals surface area contributed by atoms with Gasteiger partial charge in [-0.3, -0.25) is 0 Å². The van der Waals surface area contributed by atoms with Crippen molar-refractivity contribution in [3.05, 3.63) is 29.8 Å². The molecule has 1 aromatic rings. The standard InChI is InChI=1S/C12H17BN2O2/c1-9-4-6-10(7-5-9)15-11(16)12(2,3)14-8-13-17/h4-7,14H,8H2,1-3H3,(H,15,16). The van der Waals surface area contributed by atoms with E-state index in [0.29, 0.717) is 0 Å². The third-order valence-corrected chi connectivity index (χ3v) is 2.50. The maximum absolute atomic E-state index is 11.9. The van der Waals surface area contributed by atoms with Crippen LogP contribution >= 0.6 is 0 Å². The third kappa shape index (κ3) is 4.11. The number of nitrogens with one attached hydrogen (secondary N) is 2. The molecule has 17 heavy (non-hydrogen) atoms. The van der Waals surface area contributed by atoms with E-state index in [0.717, 1.165) is 18.4 Å². The number of benzene rings is 1. The van der Waals surface area contributed by atoms with Gasteiger partial charge in [0.25, 0.3) is 0 Å². The number of hydrogen-bond donors (Lipinski definition) is 2. The van der Waals surface area contributed by atoms with E-state index in [4.69, 9.17) is 0 Å². The summed E-state index contributed by atoms with van der Waals surface area (Å²) in [6.07, 6.45) is 0.161. The number of hydrogen-bond acceptors (Lipinski definition) is 3. The van der Waals surface area contributed by atoms with Gasteiger partial charge in [-0.15, -0.1) is 0 Å². The average molecular weight is 232 g/mol. The number of anilines is 1. The predicted molar refractivity (Wildman–Crippen MR) is 68.3 cm³/mol. The molecule has 0 aliphatic carbocycles. The summed E-state index contributed by atoms with van der Waals surface area (Å²) in [5.41, 5.74) is 1.12. The van der Waals surface area contributed by atoms with Crippen LogP contribution in [-0.2, 0) is 9.50 Å². The molecule has 1 aromatic carbocycles. The maximum atomic E-state index is 11.9. The average Bonchev–Trinajstić information content (AvgIpc) is 2.29. The number of amides is 1. The van der Waals surface area contributed by atoms with Crippen molar-refractivity contribution in [1.82, 2.24) is 5.32 Å². The zero-order valence-electron chi connectivity index (χ0n) is 10.4. The molecule has 90 valence electrons. The van der Waals surface area contributed by atoms with Crippen molar-refractivity contribution in [3.8, 4) is 0 Å². The second-order valence-corrected chi connectivity index (χ2v) is 4.49. The minimum absolute atomic E-state index is 0.161. The Bertz CT molecular complexity index is 401. The van der Waals surface area contributed by atoms with Crippen LogP contribution in [0, 0.1) is 6.92 Å². The first-order chi connectivity index (χ1) is 7.95. The molecule has 0 saturated carbocycles. The second kappa shape index (κ2) is 5.73. The summed E-state index contributed by atoms with van der Waals surface area (Å²) in [5, 5.41) is 5.66. The van der Waals surface area contributed by atoms with Gasteiger partial charge in [0.15, 0.2) is 0 Å². The number of rotatable bonds is 5. The normalized spacial score (nSPS) is 10.8. The fourth-order valence-corrected chi connectivity index (χ4v) is 1.30. The molecular formula is C12H17BN2O2. The second-order valence-electron chi connectivity index (χ2n) is 4.49. The van der Waals surface area contributed by atoms with E-state index in [-0.39, 0.29) is 12.4 Å². The summed E-state index contributed by atoms with van der Waals surface area (Å²) in [7, 11) is 0.737. The van der Waals surface area contributed by atoms with Gasteiger partial charge in [0.05, 0.1) is 0 Å². The minimum atomic E-state index is -0.772. The molecule has 0 heterocycles. The molecule has 0 unspecified atom stereocenters. The summed E-state index contributed by atoms with van der Waals surface area (Å²) in [4.78, 5) is 11.9. The van der Waals surface area contributed by atoms with Crippen LogP contribution in [0.3, 0.4) is 0 Å². The van der Waals surface area contributed by atoms with Crippen molar-refractivity contribution >= 4 is 18.7 Å². The summed E-state index contributed by atoms with van der Waals surface area (Å²) in [6, 6.07) is 7.56. The fourth-order valence-electron chi connectivity index (χ4n) is 1.30. The third-order valence-electron chi connectivity index (χ3n) is 2.50. The molecular weight excluding hydrogens is 215 g/mol. The Morgan fingerprint density at radius 3 is 2.41 bits per heavy atom. The van der Waals surface area contributed by atoms with Gasteiger partial charge < -0.3 is 0 Å². The number of carbonyl (C=O) groups excluding carboxylic acids is 1. The topological polar surface area (TPSA) is 58.2 Å². The SMILES string of the molecule is Cc1ccc(NC(=O)C(C)(C)NCB=O)cc1. The molecule has 0 aromatic heterocycles. The van der Waals surface area contributed by atoms with Crippen LogP contribution in [0.4, 0.5) is 5.69 Å². The molecule has 0 bridgehead atoms. The molecule has 0 atom stereocenters. The van der Waals surface area contributed by atoms with Gasteiger partial charge >= 0.3 is 101 Å². The van der Waals surface area contributed by atoms with Crippen molar-refractivity contribution in [3.63, 3.8) is 0 Å². The van der Waals surface area contributed by atoms with E-state index < -0.39 is 5.54 Å². The van der Waals surface area contributed by atoms with E-state index >= 15 is 0 Å². The summed E-state index contributed by atoms with van der Waals surface area (Å²) in [5.74, 6) is -0.164. The van der Waals surface area contributed by atoms with E-state index in [9.17, 15) is 9.50 Å². The van der Waals surface area contributed by atoms with Crippen LogP contribution < -0.4 is 10.6 Å². The Morgan fingerprint density at radius 1 is 1.29 bits per heavy atom. The molecule has 1 amide bonds. The summed E-state index contributed by atoms with van der Waals surface area (Å²) < 4.78 is 10.3. The van der Waals surface area contributed by atoms with Crippen LogP contribution in [-0.4, -0.2) is 25.0 Å². The van der Waals surface area contributed by atoms with Crippen LogP contribution in [0.1, 0.15) is 19.4 Å². The Kier molecular flexibility index (Phi) is 4.58. The molecule has 0 radical (unpaired) electrons. The molecule has 0 saturated heterocycles. The molecule has 0 aliphatic heterocycles. The van der Waals surface area contributed by atoms with Crippen LogP contribution in [0.15, 0.2) is 24.3 Å². The van der Waals surface area contributed by atoms with Gasteiger partial charge in [-0.05, 0) is 0 Å². The fraction of sp³-hybridized carbons (Fsp3) is 0.417. The Hall–Kier alpha value is -1.49. The van der Waals surface area contributed by atoms with Crippen molar-refractivity contribution in [2.24, 2.45) is 0 Å². The van der Waals surface area contributed by atoms with Crippen LogP contribution in [0.25, 0.3) is 0 Å². The van der Waals surface area contributed by atoms with Gasteiger partial charge in [0.1, 0.15) is 0 Å². The molecule has 4 nitrogen and oxygen atoms in total. The Morgan fingerprint density at radius 2 is 1.88 bits per heavy atom. The van der Waals surface area contributed by atoms with E-state index in [1.165, 1.54) is 0 Å². The molecule has 1 rings (SSSR count). The Balaban J connectivity index is 2.64. The van der Waals surface area contributed by atoms with Gasteiger partial charge in [-0.2, -0.15) is 0 Å². The van der Waals surface area contributed by atoms with E-state index in [1.54, 1.807) is 13.8 Å². The summed E-state index contributed by atoms with van der Waals surface area (Å²) in [6.45, 7) is 5.46. The monoisotopic (exact) mass is 232 g/mol. The zero-order chi connectivity index (χ0) is 12.9. The van der Waals surface area contributed by atoms with E-state index in [1.807, 2.05) is 31.2 Å². The molecule has 0 fully saturated rings. The molecule has 2 N–H and O–H groups in total. The van der Waals surface area contributed by atoms with Gasteiger partial charge in [-0.25, -0.2) is 0 Å². The van der Waals surface area contributed by atoms with Gasteiger partial charge in [0, 0.05) is 0 Å². The first-order valence-corrected chi connectivity index (χ1v) is 5.52. The molecule has 0 spiro atoms. The van der Waals surface area contributed by atoms with E-state index in [2.05, 4.69) is 10.6 Å². The van der Waals surface area contributed by atoms with Crippen molar-refractivity contribution in [1.29, 1.82) is 0 Å². The first kappa shape index (κ1) is 13.6. The number of aryl methyl sites for hydroxylation is 1. The van der Waals surface area contributed by atoms with Gasteiger partial charge in [-0.1, -0.05) is 0 Å². The van der Waals surface area contributed by atoms with Gasteiger partial charge in [0.2, 0.25) is 0 Å². The predicted octanol–water partition coefficient (Wildman–Crippen LogP) is 1.31. The van der Waals surface area contributed by atoms with Crippen molar-refractivity contribution < 1.29 is 9.50 Å². The van der Waals surface area contributed by atoms with Crippen LogP contribution in [0.5, 0.6) is 0 Å². The number of carbonyl (C=O) groups is 1. The first-order valence-electron chi connectivity index (χ1n) is 5.52. The van der Waals surface area contributed by atoms with Crippen LogP contribution in [0.2, 0.25) is 0 Å².